The third-order valence-electron chi connectivity index (χ3n) is 10.1. The smallest absolute Gasteiger partial charge is 0.373 e. The number of benzene rings is 3. The Kier molecular flexibility index (Phi) is 8.35. The van der Waals surface area contributed by atoms with Gasteiger partial charge in [-0.1, -0.05) is 6.07 Å². The summed E-state index contributed by atoms with van der Waals surface area (Å²) < 4.78 is 79.0. The predicted octanol–water partition coefficient (Wildman–Crippen LogP) is 7.33. The van der Waals surface area contributed by atoms with Gasteiger partial charge in [0.2, 0.25) is 10.0 Å². The van der Waals surface area contributed by atoms with Gasteiger partial charge in [0.05, 0.1) is 59.1 Å². The molecule has 0 aliphatic carbocycles. The summed E-state index contributed by atoms with van der Waals surface area (Å²) in [6.07, 6.45) is 1.19. The van der Waals surface area contributed by atoms with Crippen LogP contribution in [0.2, 0.25) is 0 Å². The molecule has 4 aromatic heterocycles. The Morgan fingerprint density at radius 3 is 2.44 bits per heavy atom. The molecule has 0 spiro atoms. The van der Waals surface area contributed by atoms with Crippen molar-refractivity contribution in [1.29, 1.82) is 0 Å². The molecule has 1 N–H and O–H groups in total. The maximum atomic E-state index is 15.3. The van der Waals surface area contributed by atoms with Gasteiger partial charge in [-0.3, -0.25) is 23.2 Å². The van der Waals surface area contributed by atoms with Gasteiger partial charge in [-0.2, -0.15) is 4.39 Å². The van der Waals surface area contributed by atoms with Gasteiger partial charge in [0.15, 0.2) is 0 Å². The molecule has 3 aromatic carbocycles. The number of furan rings is 1. The van der Waals surface area contributed by atoms with Crippen LogP contribution >= 0.6 is 0 Å². The summed E-state index contributed by atoms with van der Waals surface area (Å²) in [6, 6.07) is 18.5. The van der Waals surface area contributed by atoms with Gasteiger partial charge >= 0.3 is 5.79 Å². The number of sulfonamides is 1. The summed E-state index contributed by atoms with van der Waals surface area (Å²) in [4.78, 5) is 28.6. The lowest BCUT2D eigenvalue weighted by Gasteiger charge is -2.29. The zero-order valence-corrected chi connectivity index (χ0v) is 30.1. The lowest BCUT2D eigenvalue weighted by molar-refractivity contribution is 0.0893. The molecule has 7 aromatic rings. The molecule has 0 bridgehead atoms. The van der Waals surface area contributed by atoms with E-state index >= 15 is 4.39 Å². The highest BCUT2D eigenvalue weighted by Crippen LogP contribution is 2.42. The van der Waals surface area contributed by atoms with E-state index in [0.717, 1.165) is 10.6 Å². The lowest BCUT2D eigenvalue weighted by atomic mass is 10.0. The highest BCUT2D eigenvalue weighted by Gasteiger charge is 2.40. The van der Waals surface area contributed by atoms with Gasteiger partial charge in [0.1, 0.15) is 34.3 Å². The van der Waals surface area contributed by atoms with Gasteiger partial charge < -0.3 is 9.73 Å². The molecule has 0 saturated carbocycles. The van der Waals surface area contributed by atoms with E-state index in [4.69, 9.17) is 21.0 Å². The van der Waals surface area contributed by atoms with Gasteiger partial charge in [0, 0.05) is 55.2 Å². The maximum absolute atomic E-state index is 15.3. The highest BCUT2D eigenvalue weighted by atomic mass is 32.2. The molecule has 1 saturated heterocycles. The monoisotopic (exact) mass is 751 g/mol. The second-order valence-electron chi connectivity index (χ2n) is 13.4. The molecule has 8 rings (SSSR count). The Hall–Kier alpha value is -5.98. The van der Waals surface area contributed by atoms with Crippen LogP contribution in [-0.4, -0.2) is 72.8 Å². The van der Waals surface area contributed by atoms with Crippen LogP contribution in [0.4, 0.5) is 18.9 Å². The van der Waals surface area contributed by atoms with Crippen molar-refractivity contribution in [3.63, 3.8) is 0 Å². The third-order valence-corrected chi connectivity index (χ3v) is 11.3. The number of fused-ring (bicyclic) bond motifs is 6. The number of aromatic nitrogens is 3. The number of alkyl halides is 1. The van der Waals surface area contributed by atoms with E-state index < -0.39 is 33.4 Å². The Labute approximate surface area is 307 Å². The number of halogens is 3. The molecule has 5 heterocycles. The van der Waals surface area contributed by atoms with Crippen LogP contribution < -0.4 is 9.62 Å². The quantitative estimate of drug-likeness (QED) is 0.134. The molecular formula is C39H32F3N7O4S. The minimum atomic E-state index is -3.82. The molecule has 0 atom stereocenters. The number of anilines is 1. The number of nitrogens with one attached hydrogen (secondary N) is 1. The number of carbonyl (C=O) groups excluding carboxylic acids is 1. The van der Waals surface area contributed by atoms with Crippen molar-refractivity contribution in [2.75, 3.05) is 37.7 Å². The van der Waals surface area contributed by atoms with Crippen LogP contribution in [0.15, 0.2) is 77.2 Å². The molecule has 1 aliphatic rings. The van der Waals surface area contributed by atoms with Crippen LogP contribution in [0.5, 0.6) is 0 Å². The first kappa shape index (κ1) is 35.1. The fourth-order valence-electron chi connectivity index (χ4n) is 7.12. The van der Waals surface area contributed by atoms with Crippen LogP contribution in [0, 0.1) is 18.2 Å². The van der Waals surface area contributed by atoms with Crippen LogP contribution in [-0.2, 0) is 16.6 Å². The second kappa shape index (κ2) is 12.9. The Morgan fingerprint density at radius 2 is 1.76 bits per heavy atom. The molecule has 54 heavy (non-hydrogen) atoms. The zero-order valence-electron chi connectivity index (χ0n) is 29.3. The van der Waals surface area contributed by atoms with Crippen LogP contribution in [0.1, 0.15) is 29.0 Å². The molecule has 0 unspecified atom stereocenters. The van der Waals surface area contributed by atoms with Crippen molar-refractivity contribution >= 4 is 60.0 Å². The predicted molar refractivity (Wildman–Crippen MR) is 200 cm³/mol. The minimum absolute atomic E-state index is 0.0669. The summed E-state index contributed by atoms with van der Waals surface area (Å²) in [6.45, 7) is 8.24. The Morgan fingerprint density at radius 1 is 1.02 bits per heavy atom. The molecule has 15 heteroatoms. The number of hydrogen-bond donors (Lipinski definition) is 1. The van der Waals surface area contributed by atoms with Crippen molar-refractivity contribution in [2.24, 2.45) is 0 Å². The molecule has 1 amide bonds. The van der Waals surface area contributed by atoms with Crippen LogP contribution in [0.3, 0.4) is 0 Å². The van der Waals surface area contributed by atoms with Crippen molar-refractivity contribution in [3.05, 3.63) is 107 Å². The molecule has 274 valence electrons. The standard InChI is InChI=1S/C39H32F3N7O4S/c1-43-38(50)35-26-18-25(31(47(3)54(4,51)52)20-33(26)53-37(35)22-8-10-23(40)11-9-22)28-12-13-29-36(46-28)32-19-24-27(41)6-5-7-30(24)49(32)34(45-29)21-48-16-14-39(42,44-2)15-17-48/h5-13,18-20H,14-17,21H2,1,3-4H3,(H,43,50). The minimum Gasteiger partial charge on any atom is -0.455 e. The number of piperidine rings is 1. The summed E-state index contributed by atoms with van der Waals surface area (Å²) >= 11 is 0. The normalized spacial score (nSPS) is 14.9. The van der Waals surface area contributed by atoms with E-state index in [9.17, 15) is 22.0 Å². The number of hydrogen-bond acceptors (Lipinski definition) is 7. The first-order chi connectivity index (χ1) is 25.8. The van der Waals surface area contributed by atoms with Gasteiger partial charge in [-0.05, 0) is 60.7 Å². The highest BCUT2D eigenvalue weighted by molar-refractivity contribution is 7.92. The van der Waals surface area contributed by atoms with Crippen LogP contribution in [0.25, 0.3) is 65.8 Å². The first-order valence-electron chi connectivity index (χ1n) is 17.0. The maximum Gasteiger partial charge on any atom is 0.373 e. The Bertz CT molecular complexity index is 2820. The summed E-state index contributed by atoms with van der Waals surface area (Å²) in [7, 11) is -0.961. The largest absolute Gasteiger partial charge is 0.455 e. The van der Waals surface area contributed by atoms with E-state index in [1.165, 1.54) is 50.5 Å². The van der Waals surface area contributed by atoms with Crippen molar-refractivity contribution < 1.29 is 30.8 Å². The molecule has 1 aliphatic heterocycles. The third kappa shape index (κ3) is 5.87. The van der Waals surface area contributed by atoms with Gasteiger partial charge in [-0.25, -0.2) is 33.7 Å². The molecule has 11 nitrogen and oxygen atoms in total. The topological polar surface area (TPSA) is 117 Å². The zero-order chi connectivity index (χ0) is 38.1. The van der Waals surface area contributed by atoms with Crippen molar-refractivity contribution in [2.45, 2.75) is 25.2 Å². The number of likely N-dealkylation sites (tertiary alicyclic amines) is 1. The fourth-order valence-corrected chi connectivity index (χ4v) is 7.63. The van der Waals surface area contributed by atoms with Crippen molar-refractivity contribution in [1.82, 2.24) is 24.6 Å². The van der Waals surface area contributed by atoms with E-state index in [1.54, 1.807) is 36.4 Å². The van der Waals surface area contributed by atoms with E-state index in [1.807, 2.05) is 9.30 Å². The Balaban J connectivity index is 1.35. The average molecular weight is 752 g/mol. The van der Waals surface area contributed by atoms with E-state index in [-0.39, 0.29) is 35.4 Å². The van der Waals surface area contributed by atoms with E-state index in [0.29, 0.717) is 75.1 Å². The number of carbonyl (C=O) groups is 1. The molecular weight excluding hydrogens is 720 g/mol. The summed E-state index contributed by atoms with van der Waals surface area (Å²) in [5, 5.41) is 3.34. The number of rotatable bonds is 7. The number of pyridine rings is 1. The SMILES string of the molecule is [C-]#[N+]C1(F)CCN(Cc2nc3ccc(-c4cc5c(C(=O)NC)c(-c6ccc(F)cc6)oc5cc4N(C)S(C)(=O)=O)nc3c3cc4c(F)cccc4n23)CC1. The second-order valence-corrected chi connectivity index (χ2v) is 15.4. The average Bonchev–Trinajstić information content (AvgIpc) is 3.75. The number of amides is 1. The fraction of sp³-hybridized carbons (Fsp3) is 0.231. The lowest BCUT2D eigenvalue weighted by Crippen LogP contribution is -2.40. The van der Waals surface area contributed by atoms with Gasteiger partial charge in [-0.15, -0.1) is 0 Å². The van der Waals surface area contributed by atoms with Crippen molar-refractivity contribution in [3.8, 4) is 22.6 Å². The first-order valence-corrected chi connectivity index (χ1v) is 18.9. The summed E-state index contributed by atoms with van der Waals surface area (Å²) in [5.74, 6) is -2.54. The molecule has 1 fully saturated rings. The van der Waals surface area contributed by atoms with E-state index in [2.05, 4.69) is 10.2 Å². The number of nitrogens with zero attached hydrogens (tertiary/aromatic N) is 6. The summed E-state index contributed by atoms with van der Waals surface area (Å²) in [5.41, 5.74) is 3.68. The van der Waals surface area contributed by atoms with Gasteiger partial charge in [0.25, 0.3) is 5.91 Å². The molecule has 0 radical (unpaired) electrons.